The summed E-state index contributed by atoms with van der Waals surface area (Å²) in [4.78, 5) is 11.8. The van der Waals surface area contributed by atoms with Crippen LogP contribution in [-0.4, -0.2) is 11.7 Å². The van der Waals surface area contributed by atoms with E-state index in [1.807, 2.05) is 24.3 Å². The van der Waals surface area contributed by atoms with Crippen LogP contribution >= 0.6 is 34.4 Å². The maximum atomic E-state index is 12.7. The van der Waals surface area contributed by atoms with Gasteiger partial charge in [-0.05, 0) is 58.5 Å². The molecule has 2 aromatic carbocycles. The van der Waals surface area contributed by atoms with Gasteiger partial charge in [0.25, 0.3) is 0 Å². The van der Waals surface area contributed by atoms with E-state index in [0.717, 1.165) is 14.8 Å². The molecule has 0 unspecified atom stereocenters. The molecule has 1 amide bonds. The number of hydrogen-bond donors (Lipinski definition) is 1. The Hall–Kier alpha value is -1.08. The van der Waals surface area contributed by atoms with Crippen molar-refractivity contribution in [3.05, 3.63) is 63.5 Å². The first-order chi connectivity index (χ1) is 9.63. The van der Waals surface area contributed by atoms with Crippen molar-refractivity contribution >= 4 is 45.9 Å². The average Bonchev–Trinajstić information content (AvgIpc) is 2.41. The zero-order chi connectivity index (χ0) is 14.4. The Morgan fingerprint density at radius 1 is 1.20 bits per heavy atom. The van der Waals surface area contributed by atoms with Gasteiger partial charge in [0.05, 0.1) is 5.75 Å². The smallest absolute Gasteiger partial charge is 0.234 e. The number of amides is 1. The Morgan fingerprint density at radius 2 is 1.95 bits per heavy atom. The summed E-state index contributed by atoms with van der Waals surface area (Å²) in [6.07, 6.45) is 0. The third kappa shape index (κ3) is 5.13. The topological polar surface area (TPSA) is 29.1 Å². The van der Waals surface area contributed by atoms with E-state index in [1.54, 1.807) is 12.1 Å². The molecule has 5 heteroatoms. The van der Waals surface area contributed by atoms with Crippen LogP contribution in [0.25, 0.3) is 0 Å². The van der Waals surface area contributed by atoms with Gasteiger partial charge >= 0.3 is 0 Å². The van der Waals surface area contributed by atoms with Crippen LogP contribution in [0, 0.1) is 9.39 Å². The van der Waals surface area contributed by atoms with Gasteiger partial charge in [0.15, 0.2) is 0 Å². The van der Waals surface area contributed by atoms with Crippen LogP contribution in [0.1, 0.15) is 5.56 Å². The first-order valence-corrected chi connectivity index (χ1v) is 8.24. The summed E-state index contributed by atoms with van der Waals surface area (Å²) in [6, 6.07) is 14.0. The number of benzene rings is 2. The molecule has 0 fully saturated rings. The molecule has 2 nitrogen and oxygen atoms in total. The summed E-state index contributed by atoms with van der Waals surface area (Å²) >= 11 is 3.71. The van der Waals surface area contributed by atoms with Crippen LogP contribution in [0.5, 0.6) is 0 Å². The molecule has 1 N–H and O–H groups in total. The van der Waals surface area contributed by atoms with Crippen molar-refractivity contribution in [1.82, 2.24) is 0 Å². The number of rotatable bonds is 5. The molecule has 0 aliphatic carbocycles. The fourth-order valence-corrected chi connectivity index (χ4v) is 2.94. The standard InChI is InChI=1S/C15H13FINOS/c16-12-6-4-11(5-7-12)9-20-10-15(19)18-14-3-1-2-13(17)8-14/h1-8H,9-10H2,(H,18,19). The second-order valence-electron chi connectivity index (χ2n) is 4.18. The van der Waals surface area contributed by atoms with E-state index in [2.05, 4.69) is 27.9 Å². The minimum Gasteiger partial charge on any atom is -0.325 e. The highest BCUT2D eigenvalue weighted by Gasteiger charge is 2.03. The lowest BCUT2D eigenvalue weighted by atomic mass is 10.2. The van der Waals surface area contributed by atoms with Crippen LogP contribution in [0.4, 0.5) is 10.1 Å². The fraction of sp³-hybridized carbons (Fsp3) is 0.133. The molecular weight excluding hydrogens is 388 g/mol. The molecule has 0 saturated carbocycles. The van der Waals surface area contributed by atoms with E-state index >= 15 is 0 Å². The monoisotopic (exact) mass is 401 g/mol. The Bertz CT molecular complexity index is 589. The van der Waals surface area contributed by atoms with E-state index in [0.29, 0.717) is 11.5 Å². The number of anilines is 1. The molecule has 0 spiro atoms. The normalized spacial score (nSPS) is 10.3. The van der Waals surface area contributed by atoms with Crippen LogP contribution < -0.4 is 5.32 Å². The predicted molar refractivity (Wildman–Crippen MR) is 90.4 cm³/mol. The van der Waals surface area contributed by atoms with Crippen molar-refractivity contribution < 1.29 is 9.18 Å². The molecule has 0 heterocycles. The molecule has 0 aliphatic rings. The van der Waals surface area contributed by atoms with Crippen molar-refractivity contribution in [2.75, 3.05) is 11.1 Å². The second kappa shape index (κ2) is 7.64. The summed E-state index contributed by atoms with van der Waals surface area (Å²) in [6.45, 7) is 0. The molecular formula is C15H13FINOS. The molecule has 2 aromatic rings. The molecule has 0 bridgehead atoms. The Labute approximate surface area is 135 Å². The quantitative estimate of drug-likeness (QED) is 0.757. The summed E-state index contributed by atoms with van der Waals surface area (Å²) in [5.41, 5.74) is 1.82. The molecule has 0 aliphatic heterocycles. The lowest BCUT2D eigenvalue weighted by molar-refractivity contribution is -0.113. The zero-order valence-corrected chi connectivity index (χ0v) is 13.6. The number of carbonyl (C=O) groups is 1. The van der Waals surface area contributed by atoms with Gasteiger partial charge in [-0.1, -0.05) is 18.2 Å². The first kappa shape index (κ1) is 15.3. The van der Waals surface area contributed by atoms with Crippen LogP contribution in [0.15, 0.2) is 48.5 Å². The Balaban J connectivity index is 1.76. The van der Waals surface area contributed by atoms with E-state index in [4.69, 9.17) is 0 Å². The van der Waals surface area contributed by atoms with E-state index in [-0.39, 0.29) is 11.7 Å². The largest absolute Gasteiger partial charge is 0.325 e. The third-order valence-corrected chi connectivity index (χ3v) is 4.20. The maximum Gasteiger partial charge on any atom is 0.234 e. The highest BCUT2D eigenvalue weighted by atomic mass is 127. The van der Waals surface area contributed by atoms with Crippen molar-refractivity contribution in [1.29, 1.82) is 0 Å². The van der Waals surface area contributed by atoms with Crippen LogP contribution in [0.2, 0.25) is 0 Å². The minimum atomic E-state index is -0.241. The van der Waals surface area contributed by atoms with E-state index in [1.165, 1.54) is 23.9 Å². The molecule has 2 rings (SSSR count). The van der Waals surface area contributed by atoms with Gasteiger partial charge in [0.2, 0.25) is 5.91 Å². The first-order valence-electron chi connectivity index (χ1n) is 6.01. The number of nitrogens with one attached hydrogen (secondary N) is 1. The maximum absolute atomic E-state index is 12.7. The van der Waals surface area contributed by atoms with Gasteiger partial charge in [-0.15, -0.1) is 11.8 Å². The number of hydrogen-bond acceptors (Lipinski definition) is 2. The number of halogens is 2. The third-order valence-electron chi connectivity index (χ3n) is 2.52. The summed E-state index contributed by atoms with van der Waals surface area (Å²) in [7, 11) is 0. The minimum absolute atomic E-state index is 0.0286. The molecule has 0 atom stereocenters. The number of thioether (sulfide) groups is 1. The van der Waals surface area contributed by atoms with Crippen molar-refractivity contribution in [3.8, 4) is 0 Å². The number of carbonyl (C=O) groups excluding carboxylic acids is 1. The molecule has 0 radical (unpaired) electrons. The molecule has 20 heavy (non-hydrogen) atoms. The summed E-state index contributed by atoms with van der Waals surface area (Å²) in [5.74, 6) is 0.803. The Kier molecular flexibility index (Phi) is 5.85. The van der Waals surface area contributed by atoms with Crippen LogP contribution in [-0.2, 0) is 10.5 Å². The highest BCUT2D eigenvalue weighted by molar-refractivity contribution is 14.1. The molecule has 0 saturated heterocycles. The highest BCUT2D eigenvalue weighted by Crippen LogP contribution is 2.15. The van der Waals surface area contributed by atoms with Gasteiger partial charge in [0, 0.05) is 15.0 Å². The van der Waals surface area contributed by atoms with Crippen molar-refractivity contribution in [2.45, 2.75) is 5.75 Å². The van der Waals surface area contributed by atoms with Gasteiger partial charge < -0.3 is 5.32 Å². The van der Waals surface area contributed by atoms with E-state index in [9.17, 15) is 9.18 Å². The van der Waals surface area contributed by atoms with Crippen molar-refractivity contribution in [3.63, 3.8) is 0 Å². The lowest BCUT2D eigenvalue weighted by Crippen LogP contribution is -2.14. The van der Waals surface area contributed by atoms with Gasteiger partial charge in [-0.2, -0.15) is 0 Å². The van der Waals surface area contributed by atoms with E-state index < -0.39 is 0 Å². The summed E-state index contributed by atoms with van der Waals surface area (Å²) < 4.78 is 13.8. The summed E-state index contributed by atoms with van der Waals surface area (Å²) in [5, 5.41) is 2.85. The van der Waals surface area contributed by atoms with Gasteiger partial charge in [0.1, 0.15) is 5.82 Å². The fourth-order valence-electron chi connectivity index (χ4n) is 1.61. The second-order valence-corrected chi connectivity index (χ2v) is 6.41. The zero-order valence-electron chi connectivity index (χ0n) is 10.6. The molecule has 0 aromatic heterocycles. The average molecular weight is 401 g/mol. The van der Waals surface area contributed by atoms with Gasteiger partial charge in [-0.25, -0.2) is 4.39 Å². The SMILES string of the molecule is O=C(CSCc1ccc(F)cc1)Nc1cccc(I)c1. The predicted octanol–water partition coefficient (Wildman–Crippen LogP) is 4.30. The molecule has 104 valence electrons. The van der Waals surface area contributed by atoms with Crippen molar-refractivity contribution in [2.24, 2.45) is 0 Å². The van der Waals surface area contributed by atoms with Crippen LogP contribution in [0.3, 0.4) is 0 Å². The van der Waals surface area contributed by atoms with Gasteiger partial charge in [-0.3, -0.25) is 4.79 Å². The Morgan fingerprint density at radius 3 is 2.65 bits per heavy atom. The lowest BCUT2D eigenvalue weighted by Gasteiger charge is -2.05.